The van der Waals surface area contributed by atoms with E-state index in [1.165, 1.54) is 24.4 Å². The fourth-order valence-electron chi connectivity index (χ4n) is 2.78. The van der Waals surface area contributed by atoms with Crippen molar-refractivity contribution in [1.29, 1.82) is 0 Å². The minimum Gasteiger partial charge on any atom is -0.493 e. The van der Waals surface area contributed by atoms with Crippen LogP contribution in [0.2, 0.25) is 0 Å². The van der Waals surface area contributed by atoms with Gasteiger partial charge in [-0.2, -0.15) is 4.37 Å². The molecule has 26 heavy (non-hydrogen) atoms. The summed E-state index contributed by atoms with van der Waals surface area (Å²) in [4.78, 5) is 17.7. The molecule has 0 bridgehead atoms. The molecular weight excluding hydrogens is 346 g/mol. The Morgan fingerprint density at radius 1 is 1.31 bits per heavy atom. The highest BCUT2D eigenvalue weighted by atomic mass is 32.1. The van der Waals surface area contributed by atoms with Crippen LogP contribution in [0.4, 0.5) is 0 Å². The van der Waals surface area contributed by atoms with Gasteiger partial charge in [-0.25, -0.2) is 4.98 Å². The summed E-state index contributed by atoms with van der Waals surface area (Å²) in [6.07, 6.45) is 4.11. The van der Waals surface area contributed by atoms with E-state index < -0.39 is 0 Å². The number of carbonyl (C=O) groups is 1. The maximum Gasteiger partial charge on any atom is 0.253 e. The Labute approximate surface area is 156 Å². The van der Waals surface area contributed by atoms with E-state index in [-0.39, 0.29) is 5.91 Å². The molecule has 1 N–H and O–H groups in total. The van der Waals surface area contributed by atoms with E-state index in [1.807, 2.05) is 38.1 Å². The summed E-state index contributed by atoms with van der Waals surface area (Å²) < 4.78 is 10.3. The van der Waals surface area contributed by atoms with Gasteiger partial charge < -0.3 is 10.1 Å². The number of nitrogens with zero attached hydrogens (tertiary/aromatic N) is 2. The van der Waals surface area contributed by atoms with E-state index in [1.54, 1.807) is 6.20 Å². The van der Waals surface area contributed by atoms with Crippen molar-refractivity contribution in [3.8, 4) is 5.75 Å². The number of pyridine rings is 1. The molecule has 0 atom stereocenters. The fourth-order valence-corrected chi connectivity index (χ4v) is 3.51. The van der Waals surface area contributed by atoms with Crippen molar-refractivity contribution in [3.63, 3.8) is 0 Å². The molecule has 5 nitrogen and oxygen atoms in total. The van der Waals surface area contributed by atoms with Crippen molar-refractivity contribution >= 4 is 27.7 Å². The molecule has 1 fully saturated rings. The van der Waals surface area contributed by atoms with Crippen LogP contribution in [0, 0.1) is 19.8 Å². The third-order valence-corrected chi connectivity index (χ3v) is 5.47. The van der Waals surface area contributed by atoms with Gasteiger partial charge in [0.2, 0.25) is 0 Å². The van der Waals surface area contributed by atoms with Gasteiger partial charge in [-0.1, -0.05) is 12.1 Å². The van der Waals surface area contributed by atoms with E-state index >= 15 is 0 Å². The van der Waals surface area contributed by atoms with Crippen LogP contribution in [0.1, 0.15) is 40.0 Å². The number of hydrogen-bond donors (Lipinski definition) is 1. The second-order valence-corrected chi connectivity index (χ2v) is 7.64. The molecule has 2 heterocycles. The number of amides is 1. The molecule has 0 radical (unpaired) electrons. The van der Waals surface area contributed by atoms with Gasteiger partial charge in [0.15, 0.2) is 0 Å². The van der Waals surface area contributed by atoms with Gasteiger partial charge in [0, 0.05) is 23.7 Å². The van der Waals surface area contributed by atoms with Gasteiger partial charge in [0.25, 0.3) is 5.91 Å². The number of aryl methyl sites for hydroxylation is 2. The zero-order valence-electron chi connectivity index (χ0n) is 14.9. The number of benzene rings is 1. The van der Waals surface area contributed by atoms with E-state index in [4.69, 9.17) is 4.74 Å². The topological polar surface area (TPSA) is 64.1 Å². The predicted octanol–water partition coefficient (Wildman–Crippen LogP) is 4.03. The molecule has 1 amide bonds. The first-order valence-electron chi connectivity index (χ1n) is 8.82. The minimum atomic E-state index is -0.140. The Morgan fingerprint density at radius 2 is 2.15 bits per heavy atom. The number of fused-ring (bicyclic) bond motifs is 1. The van der Waals surface area contributed by atoms with Crippen molar-refractivity contribution in [1.82, 2.24) is 14.7 Å². The Bertz CT molecular complexity index is 963. The van der Waals surface area contributed by atoms with E-state index in [2.05, 4.69) is 14.7 Å². The SMILES string of the molecule is Cc1ccc(CNC(=O)c2cnc3snc(C)c3c2)c(OCC2CC2)c1. The Hall–Kier alpha value is -2.47. The summed E-state index contributed by atoms with van der Waals surface area (Å²) in [7, 11) is 0. The second-order valence-electron chi connectivity index (χ2n) is 6.89. The lowest BCUT2D eigenvalue weighted by Gasteiger charge is -2.13. The van der Waals surface area contributed by atoms with Crippen molar-refractivity contribution in [2.24, 2.45) is 5.92 Å². The van der Waals surface area contributed by atoms with Crippen molar-refractivity contribution < 1.29 is 9.53 Å². The maximum absolute atomic E-state index is 12.5. The molecule has 1 aliphatic rings. The van der Waals surface area contributed by atoms with Gasteiger partial charge in [0.1, 0.15) is 10.6 Å². The average Bonchev–Trinajstić information content (AvgIpc) is 3.41. The van der Waals surface area contributed by atoms with E-state index in [0.717, 1.165) is 39.4 Å². The van der Waals surface area contributed by atoms with Crippen LogP contribution < -0.4 is 10.1 Å². The number of ether oxygens (including phenoxy) is 1. The Morgan fingerprint density at radius 3 is 2.96 bits per heavy atom. The molecule has 3 aromatic rings. The first-order valence-corrected chi connectivity index (χ1v) is 9.60. The highest BCUT2D eigenvalue weighted by molar-refractivity contribution is 7.12. The van der Waals surface area contributed by atoms with E-state index in [0.29, 0.717) is 18.0 Å². The fraction of sp³-hybridized carbons (Fsp3) is 0.350. The van der Waals surface area contributed by atoms with Crippen molar-refractivity contribution in [2.75, 3.05) is 6.61 Å². The number of aromatic nitrogens is 2. The van der Waals surface area contributed by atoms with Gasteiger partial charge in [-0.3, -0.25) is 4.79 Å². The van der Waals surface area contributed by atoms with Gasteiger partial charge in [-0.05, 0) is 61.8 Å². The summed E-state index contributed by atoms with van der Waals surface area (Å²) in [5, 5.41) is 3.92. The lowest BCUT2D eigenvalue weighted by molar-refractivity contribution is 0.0950. The summed E-state index contributed by atoms with van der Waals surface area (Å²) in [5.41, 5.74) is 3.60. The Balaban J connectivity index is 1.46. The monoisotopic (exact) mass is 367 g/mol. The first-order chi connectivity index (χ1) is 12.6. The number of carbonyl (C=O) groups excluding carboxylic acids is 1. The molecule has 0 aliphatic heterocycles. The van der Waals surface area contributed by atoms with Crippen LogP contribution in [-0.4, -0.2) is 21.9 Å². The predicted molar refractivity (Wildman–Crippen MR) is 103 cm³/mol. The molecule has 1 aliphatic carbocycles. The molecule has 0 spiro atoms. The van der Waals surface area contributed by atoms with Crippen LogP contribution in [-0.2, 0) is 6.54 Å². The third kappa shape index (κ3) is 3.70. The van der Waals surface area contributed by atoms with Crippen molar-refractivity contribution in [3.05, 3.63) is 52.8 Å². The molecule has 2 aromatic heterocycles. The summed E-state index contributed by atoms with van der Waals surface area (Å²) >= 11 is 1.35. The molecule has 1 aromatic carbocycles. The average molecular weight is 367 g/mol. The molecule has 4 rings (SSSR count). The normalized spacial score (nSPS) is 13.8. The molecule has 6 heteroatoms. The van der Waals surface area contributed by atoms with Gasteiger partial charge in [-0.15, -0.1) is 0 Å². The maximum atomic E-state index is 12.5. The van der Waals surface area contributed by atoms with Crippen LogP contribution in [0.25, 0.3) is 10.2 Å². The largest absolute Gasteiger partial charge is 0.493 e. The standard InChI is InChI=1S/C20H21N3O2S/c1-12-3-6-15(18(7-12)25-11-14-4-5-14)9-21-19(24)16-8-17-13(2)23-26-20(17)22-10-16/h3,6-8,10,14H,4-5,9,11H2,1-2H3,(H,21,24). The van der Waals surface area contributed by atoms with Crippen LogP contribution in [0.5, 0.6) is 5.75 Å². The lowest BCUT2D eigenvalue weighted by atomic mass is 10.1. The summed E-state index contributed by atoms with van der Waals surface area (Å²) in [6.45, 7) is 5.16. The molecule has 1 saturated carbocycles. The molecular formula is C20H21N3O2S. The third-order valence-electron chi connectivity index (χ3n) is 4.61. The highest BCUT2D eigenvalue weighted by Crippen LogP contribution is 2.30. The quantitative estimate of drug-likeness (QED) is 0.714. The van der Waals surface area contributed by atoms with E-state index in [9.17, 15) is 4.79 Å². The van der Waals surface area contributed by atoms with Crippen molar-refractivity contribution in [2.45, 2.75) is 33.2 Å². The van der Waals surface area contributed by atoms with Gasteiger partial charge >= 0.3 is 0 Å². The lowest BCUT2D eigenvalue weighted by Crippen LogP contribution is -2.23. The smallest absolute Gasteiger partial charge is 0.253 e. The molecule has 0 unspecified atom stereocenters. The summed E-state index contributed by atoms with van der Waals surface area (Å²) in [6, 6.07) is 7.96. The van der Waals surface area contributed by atoms with Crippen LogP contribution in [0.3, 0.4) is 0 Å². The van der Waals surface area contributed by atoms with Crippen LogP contribution >= 0.6 is 11.5 Å². The number of hydrogen-bond acceptors (Lipinski definition) is 5. The zero-order chi connectivity index (χ0) is 18.1. The minimum absolute atomic E-state index is 0.140. The molecule has 134 valence electrons. The Kier molecular flexibility index (Phi) is 4.59. The second kappa shape index (κ2) is 7.03. The number of nitrogens with one attached hydrogen (secondary N) is 1. The first kappa shape index (κ1) is 17.0. The van der Waals surface area contributed by atoms with Gasteiger partial charge in [0.05, 0.1) is 17.9 Å². The number of rotatable bonds is 6. The summed E-state index contributed by atoms with van der Waals surface area (Å²) in [5.74, 6) is 1.42. The highest BCUT2D eigenvalue weighted by Gasteiger charge is 2.22. The molecule has 0 saturated heterocycles. The van der Waals surface area contributed by atoms with Crippen LogP contribution in [0.15, 0.2) is 30.5 Å². The zero-order valence-corrected chi connectivity index (χ0v) is 15.7.